The van der Waals surface area contributed by atoms with E-state index in [1.54, 1.807) is 6.33 Å². The van der Waals surface area contributed by atoms with Crippen molar-refractivity contribution in [3.05, 3.63) is 48.3 Å². The van der Waals surface area contributed by atoms with Crippen LogP contribution in [0.3, 0.4) is 0 Å². The minimum atomic E-state index is 0.820. The number of nitrogens with zero attached hydrogens (tertiary/aromatic N) is 7. The summed E-state index contributed by atoms with van der Waals surface area (Å²) in [6.07, 6.45) is 5.49. The molecule has 0 unspecified atom stereocenters. The maximum atomic E-state index is 4.43. The van der Waals surface area contributed by atoms with Crippen molar-refractivity contribution < 1.29 is 0 Å². The molecule has 0 atom stereocenters. The molecule has 3 aromatic rings. The Bertz CT molecular complexity index is 915. The van der Waals surface area contributed by atoms with Crippen LogP contribution in [0.1, 0.15) is 11.4 Å². The monoisotopic (exact) mass is 363 g/mol. The largest absolute Gasteiger partial charge is 0.369 e. The van der Waals surface area contributed by atoms with Crippen LogP contribution in [0, 0.1) is 6.92 Å². The van der Waals surface area contributed by atoms with Crippen LogP contribution >= 0.6 is 0 Å². The SMILES string of the molecule is Cc1ncc(CN2CCN(c3ccc4ncnc(N(C)C)c4c3)CC2)cn1. The van der Waals surface area contributed by atoms with E-state index < -0.39 is 0 Å². The Kier molecular flexibility index (Phi) is 4.85. The molecule has 1 fully saturated rings. The molecule has 7 nitrogen and oxygen atoms in total. The molecule has 0 amide bonds. The number of hydrogen-bond donors (Lipinski definition) is 0. The second kappa shape index (κ2) is 7.44. The van der Waals surface area contributed by atoms with Gasteiger partial charge in [0.05, 0.1) is 5.52 Å². The van der Waals surface area contributed by atoms with Gasteiger partial charge in [-0.25, -0.2) is 19.9 Å². The molecule has 0 aliphatic carbocycles. The molecule has 1 saturated heterocycles. The molecule has 27 heavy (non-hydrogen) atoms. The van der Waals surface area contributed by atoms with Crippen molar-refractivity contribution in [2.45, 2.75) is 13.5 Å². The van der Waals surface area contributed by atoms with Crippen molar-refractivity contribution in [1.82, 2.24) is 24.8 Å². The fourth-order valence-electron chi connectivity index (χ4n) is 3.51. The molecule has 1 aliphatic heterocycles. The summed E-state index contributed by atoms with van der Waals surface area (Å²) in [4.78, 5) is 24.4. The molecule has 0 spiro atoms. The van der Waals surface area contributed by atoms with Gasteiger partial charge in [-0.1, -0.05) is 0 Å². The standard InChI is InChI=1S/C20H25N7/c1-15-21-11-16(12-22-15)13-26-6-8-27(9-7-26)17-4-5-19-18(10-17)20(25(2)3)24-14-23-19/h4-5,10-12,14H,6-9,13H2,1-3H3. The molecular weight excluding hydrogens is 338 g/mol. The van der Waals surface area contributed by atoms with Gasteiger partial charge >= 0.3 is 0 Å². The third kappa shape index (κ3) is 3.83. The van der Waals surface area contributed by atoms with Crippen LogP contribution in [-0.2, 0) is 6.54 Å². The molecule has 1 aliphatic rings. The van der Waals surface area contributed by atoms with Gasteiger partial charge in [0.2, 0.25) is 0 Å². The molecule has 0 saturated carbocycles. The zero-order valence-electron chi connectivity index (χ0n) is 16.1. The van der Waals surface area contributed by atoms with E-state index in [2.05, 4.69) is 47.9 Å². The average molecular weight is 363 g/mol. The lowest BCUT2D eigenvalue weighted by Crippen LogP contribution is -2.46. The van der Waals surface area contributed by atoms with E-state index in [-0.39, 0.29) is 0 Å². The number of benzene rings is 1. The fourth-order valence-corrected chi connectivity index (χ4v) is 3.51. The van der Waals surface area contributed by atoms with E-state index in [1.165, 1.54) is 11.3 Å². The van der Waals surface area contributed by atoms with Crippen LogP contribution in [0.15, 0.2) is 36.9 Å². The topological polar surface area (TPSA) is 61.3 Å². The highest BCUT2D eigenvalue weighted by molar-refractivity contribution is 5.91. The van der Waals surface area contributed by atoms with Crippen molar-refractivity contribution in [2.24, 2.45) is 0 Å². The van der Waals surface area contributed by atoms with Gasteiger partial charge in [-0.15, -0.1) is 0 Å². The van der Waals surface area contributed by atoms with Crippen LogP contribution in [0.25, 0.3) is 10.9 Å². The maximum absolute atomic E-state index is 4.43. The Balaban J connectivity index is 1.46. The number of rotatable bonds is 4. The lowest BCUT2D eigenvalue weighted by atomic mass is 10.1. The van der Waals surface area contributed by atoms with E-state index in [9.17, 15) is 0 Å². The van der Waals surface area contributed by atoms with Gasteiger partial charge in [0, 0.05) is 75.8 Å². The molecule has 4 rings (SSSR count). The molecule has 1 aromatic carbocycles. The van der Waals surface area contributed by atoms with Crippen LogP contribution in [0.4, 0.5) is 11.5 Å². The molecule has 0 bridgehead atoms. The Labute approximate surface area is 159 Å². The summed E-state index contributed by atoms with van der Waals surface area (Å²) in [7, 11) is 4.03. The van der Waals surface area contributed by atoms with Gasteiger partial charge < -0.3 is 9.80 Å². The highest BCUT2D eigenvalue weighted by Gasteiger charge is 2.18. The van der Waals surface area contributed by atoms with Gasteiger partial charge in [-0.3, -0.25) is 4.90 Å². The van der Waals surface area contributed by atoms with Crippen LogP contribution in [-0.4, -0.2) is 65.1 Å². The third-order valence-electron chi connectivity index (χ3n) is 5.00. The molecule has 2 aromatic heterocycles. The number of fused-ring (bicyclic) bond motifs is 1. The summed E-state index contributed by atoms with van der Waals surface area (Å²) in [5, 5.41) is 1.10. The predicted molar refractivity (Wildman–Crippen MR) is 108 cm³/mol. The predicted octanol–water partition coefficient (Wildman–Crippen LogP) is 2.12. The molecule has 140 valence electrons. The van der Waals surface area contributed by atoms with E-state index in [0.29, 0.717) is 0 Å². The summed E-state index contributed by atoms with van der Waals surface area (Å²) >= 11 is 0. The zero-order valence-corrected chi connectivity index (χ0v) is 16.1. The normalized spacial score (nSPS) is 15.3. The maximum Gasteiger partial charge on any atom is 0.139 e. The molecule has 0 radical (unpaired) electrons. The summed E-state index contributed by atoms with van der Waals surface area (Å²) < 4.78 is 0. The summed E-state index contributed by atoms with van der Waals surface area (Å²) in [6, 6.07) is 6.47. The average Bonchev–Trinajstić information content (AvgIpc) is 2.69. The minimum absolute atomic E-state index is 0.820. The first kappa shape index (κ1) is 17.6. The van der Waals surface area contributed by atoms with Crippen molar-refractivity contribution in [3.8, 4) is 0 Å². The van der Waals surface area contributed by atoms with Gasteiger partial charge in [0.25, 0.3) is 0 Å². The van der Waals surface area contributed by atoms with Gasteiger partial charge in [0.15, 0.2) is 0 Å². The zero-order chi connectivity index (χ0) is 18.8. The first-order valence-corrected chi connectivity index (χ1v) is 9.27. The van der Waals surface area contributed by atoms with Crippen LogP contribution in [0.5, 0.6) is 0 Å². The van der Waals surface area contributed by atoms with Gasteiger partial charge in [0.1, 0.15) is 18.0 Å². The van der Waals surface area contributed by atoms with E-state index in [0.717, 1.165) is 55.3 Å². The van der Waals surface area contributed by atoms with E-state index in [1.807, 2.05) is 38.3 Å². The molecule has 0 N–H and O–H groups in total. The minimum Gasteiger partial charge on any atom is -0.369 e. The lowest BCUT2D eigenvalue weighted by Gasteiger charge is -2.36. The highest BCUT2D eigenvalue weighted by atomic mass is 15.3. The Morgan fingerprint density at radius 2 is 1.70 bits per heavy atom. The second-order valence-electron chi connectivity index (χ2n) is 7.19. The highest BCUT2D eigenvalue weighted by Crippen LogP contribution is 2.27. The lowest BCUT2D eigenvalue weighted by molar-refractivity contribution is 0.249. The smallest absolute Gasteiger partial charge is 0.139 e. The summed E-state index contributed by atoms with van der Waals surface area (Å²) in [5.74, 6) is 1.78. The molecular formula is C20H25N7. The first-order valence-electron chi connectivity index (χ1n) is 9.27. The van der Waals surface area contributed by atoms with Crippen molar-refractivity contribution in [3.63, 3.8) is 0 Å². The summed E-state index contributed by atoms with van der Waals surface area (Å²) in [5.41, 5.74) is 3.39. The first-order chi connectivity index (χ1) is 13.1. The Morgan fingerprint density at radius 1 is 0.963 bits per heavy atom. The number of aromatic nitrogens is 4. The Morgan fingerprint density at radius 3 is 2.41 bits per heavy atom. The molecule has 3 heterocycles. The van der Waals surface area contributed by atoms with Crippen molar-refractivity contribution >= 4 is 22.4 Å². The number of piperazine rings is 1. The van der Waals surface area contributed by atoms with Crippen LogP contribution < -0.4 is 9.80 Å². The van der Waals surface area contributed by atoms with E-state index >= 15 is 0 Å². The van der Waals surface area contributed by atoms with Gasteiger partial charge in [-0.05, 0) is 25.1 Å². The molecule has 7 heteroatoms. The number of hydrogen-bond acceptors (Lipinski definition) is 7. The van der Waals surface area contributed by atoms with Crippen molar-refractivity contribution in [2.75, 3.05) is 50.1 Å². The van der Waals surface area contributed by atoms with Crippen molar-refractivity contribution in [1.29, 1.82) is 0 Å². The number of aryl methyl sites for hydroxylation is 1. The van der Waals surface area contributed by atoms with E-state index in [4.69, 9.17) is 0 Å². The number of anilines is 2. The van der Waals surface area contributed by atoms with Gasteiger partial charge in [-0.2, -0.15) is 0 Å². The third-order valence-corrected chi connectivity index (χ3v) is 5.00. The fraction of sp³-hybridized carbons (Fsp3) is 0.400. The quantitative estimate of drug-likeness (QED) is 0.703. The Hall–Kier alpha value is -2.80. The summed E-state index contributed by atoms with van der Waals surface area (Å²) in [6.45, 7) is 6.88. The van der Waals surface area contributed by atoms with Crippen LogP contribution in [0.2, 0.25) is 0 Å². The second-order valence-corrected chi connectivity index (χ2v) is 7.19.